The molecule has 1 aromatic heterocycles. The molecular weight excluding hydrogens is 481 g/mol. The number of nitrogens with zero attached hydrogens (tertiary/aromatic N) is 1. The minimum absolute atomic E-state index is 0.0260. The number of hydrogen-bond donors (Lipinski definition) is 1. The van der Waals surface area contributed by atoms with Crippen molar-refractivity contribution in [3.63, 3.8) is 0 Å². The average Bonchev–Trinajstić information content (AvgIpc) is 3.23. The summed E-state index contributed by atoms with van der Waals surface area (Å²) in [6, 6.07) is 12.8. The van der Waals surface area contributed by atoms with E-state index in [1.165, 1.54) is 37.3 Å². The summed E-state index contributed by atoms with van der Waals surface area (Å²) in [5, 5.41) is 2.65. The molecule has 0 atom stereocenters. The van der Waals surface area contributed by atoms with Crippen LogP contribution in [0.15, 0.2) is 63.9 Å². The van der Waals surface area contributed by atoms with E-state index >= 15 is 0 Å². The van der Waals surface area contributed by atoms with E-state index in [0.29, 0.717) is 27.9 Å². The zero-order valence-electron chi connectivity index (χ0n) is 19.0. The lowest BCUT2D eigenvalue weighted by Gasteiger charge is -2.14. The van der Waals surface area contributed by atoms with Crippen molar-refractivity contribution in [2.45, 2.75) is 31.8 Å². The number of aryl methyl sites for hydroxylation is 1. The largest absolute Gasteiger partial charge is 0.436 e. The summed E-state index contributed by atoms with van der Waals surface area (Å²) in [6.07, 6.45) is -4.57. The fraction of sp³-hybridized carbons (Fsp3) is 0.200. The maximum atomic E-state index is 13.2. The van der Waals surface area contributed by atoms with Gasteiger partial charge in [-0.3, -0.25) is 4.79 Å². The van der Waals surface area contributed by atoms with Crippen LogP contribution in [0.25, 0.3) is 22.6 Å². The number of carbonyl (C=O) groups is 1. The number of aromatic nitrogens is 1. The van der Waals surface area contributed by atoms with Crippen molar-refractivity contribution in [2.75, 3.05) is 11.1 Å². The molecule has 0 saturated heterocycles. The molecule has 1 N–H and O–H groups in total. The van der Waals surface area contributed by atoms with Gasteiger partial charge in [0.1, 0.15) is 5.52 Å². The van der Waals surface area contributed by atoms with Crippen LogP contribution in [0.5, 0.6) is 0 Å². The van der Waals surface area contributed by atoms with Crippen LogP contribution in [0.2, 0.25) is 0 Å². The molecule has 0 spiro atoms. The Morgan fingerprint density at radius 1 is 1.06 bits per heavy atom. The lowest BCUT2D eigenvalue weighted by molar-refractivity contribution is -0.138. The quantitative estimate of drug-likeness (QED) is 0.352. The molecule has 1 amide bonds. The van der Waals surface area contributed by atoms with Crippen LogP contribution in [0.1, 0.15) is 34.0 Å². The number of benzene rings is 3. The molecule has 35 heavy (non-hydrogen) atoms. The Morgan fingerprint density at radius 2 is 1.80 bits per heavy atom. The summed E-state index contributed by atoms with van der Waals surface area (Å²) in [5.41, 5.74) is 1.28. The second-order valence-corrected chi connectivity index (χ2v) is 10.3. The number of rotatable bonds is 5. The van der Waals surface area contributed by atoms with Gasteiger partial charge >= 0.3 is 6.18 Å². The van der Waals surface area contributed by atoms with Crippen molar-refractivity contribution >= 4 is 32.5 Å². The van der Waals surface area contributed by atoms with Crippen LogP contribution in [-0.4, -0.2) is 25.1 Å². The van der Waals surface area contributed by atoms with Gasteiger partial charge in [0.2, 0.25) is 5.89 Å². The highest BCUT2D eigenvalue weighted by Gasteiger charge is 2.33. The fourth-order valence-corrected chi connectivity index (χ4v) is 4.55. The van der Waals surface area contributed by atoms with Crippen molar-refractivity contribution in [1.82, 2.24) is 4.98 Å². The van der Waals surface area contributed by atoms with Gasteiger partial charge in [-0.05, 0) is 67.4 Å². The molecule has 10 heteroatoms. The lowest BCUT2D eigenvalue weighted by Crippen LogP contribution is -2.15. The van der Waals surface area contributed by atoms with Gasteiger partial charge in [0.25, 0.3) is 5.91 Å². The van der Waals surface area contributed by atoms with E-state index in [9.17, 15) is 26.4 Å². The molecule has 3 aromatic carbocycles. The SMILES string of the molecule is CCS(=O)(=O)c1ccc2oc(-c3cccc(NC(=O)c4ccc(C)c(C(F)(F)F)c4)c3C)nc2c1. The molecular formula is C25H21F3N2O4S. The highest BCUT2D eigenvalue weighted by Crippen LogP contribution is 2.34. The van der Waals surface area contributed by atoms with Gasteiger partial charge in [0.15, 0.2) is 15.4 Å². The minimum Gasteiger partial charge on any atom is -0.436 e. The number of amides is 1. The van der Waals surface area contributed by atoms with Gasteiger partial charge in [0.05, 0.1) is 16.2 Å². The van der Waals surface area contributed by atoms with E-state index in [1.54, 1.807) is 32.0 Å². The Hall–Kier alpha value is -3.66. The van der Waals surface area contributed by atoms with Crippen molar-refractivity contribution in [1.29, 1.82) is 0 Å². The molecule has 0 bridgehead atoms. The Balaban J connectivity index is 1.67. The summed E-state index contributed by atoms with van der Waals surface area (Å²) in [5.74, 6) is -0.521. The van der Waals surface area contributed by atoms with Gasteiger partial charge in [0, 0.05) is 16.8 Å². The van der Waals surface area contributed by atoms with Gasteiger partial charge in [-0.2, -0.15) is 13.2 Å². The first-order valence-corrected chi connectivity index (χ1v) is 12.3. The Morgan fingerprint density at radius 3 is 2.49 bits per heavy atom. The zero-order valence-corrected chi connectivity index (χ0v) is 19.8. The molecule has 0 aliphatic rings. The molecule has 4 rings (SSSR count). The molecule has 182 valence electrons. The third-order valence-corrected chi connectivity index (χ3v) is 7.45. The van der Waals surface area contributed by atoms with E-state index in [4.69, 9.17) is 4.42 Å². The first-order chi connectivity index (χ1) is 16.4. The monoisotopic (exact) mass is 502 g/mol. The summed E-state index contributed by atoms with van der Waals surface area (Å²) >= 11 is 0. The minimum atomic E-state index is -4.57. The third-order valence-electron chi connectivity index (χ3n) is 5.72. The summed E-state index contributed by atoms with van der Waals surface area (Å²) in [7, 11) is -3.41. The second-order valence-electron chi connectivity index (χ2n) is 8.01. The van der Waals surface area contributed by atoms with Crippen molar-refractivity contribution in [3.05, 3.63) is 76.9 Å². The van der Waals surface area contributed by atoms with Gasteiger partial charge in [-0.25, -0.2) is 13.4 Å². The van der Waals surface area contributed by atoms with Crippen LogP contribution >= 0.6 is 0 Å². The molecule has 1 heterocycles. The number of oxazole rings is 1. The Kier molecular flexibility index (Phi) is 6.18. The maximum absolute atomic E-state index is 13.2. The molecule has 0 unspecified atom stereocenters. The molecule has 0 fully saturated rings. The van der Waals surface area contributed by atoms with E-state index in [2.05, 4.69) is 10.3 Å². The predicted octanol–water partition coefficient (Wildman–Crippen LogP) is 6.18. The van der Waals surface area contributed by atoms with E-state index in [1.807, 2.05) is 0 Å². The molecule has 0 aliphatic carbocycles. The Labute approximate surface area is 199 Å². The number of carbonyl (C=O) groups excluding carboxylic acids is 1. The summed E-state index contributed by atoms with van der Waals surface area (Å²) < 4.78 is 69.9. The van der Waals surface area contributed by atoms with Crippen LogP contribution in [0, 0.1) is 13.8 Å². The molecule has 0 aliphatic heterocycles. The number of hydrogen-bond acceptors (Lipinski definition) is 5. The van der Waals surface area contributed by atoms with E-state index in [0.717, 1.165) is 6.07 Å². The van der Waals surface area contributed by atoms with Crippen molar-refractivity contribution in [2.24, 2.45) is 0 Å². The molecule has 0 radical (unpaired) electrons. The second kappa shape index (κ2) is 8.84. The first-order valence-electron chi connectivity index (χ1n) is 10.6. The van der Waals surface area contributed by atoms with E-state index < -0.39 is 27.5 Å². The topological polar surface area (TPSA) is 89.3 Å². The summed E-state index contributed by atoms with van der Waals surface area (Å²) in [4.78, 5) is 17.3. The highest BCUT2D eigenvalue weighted by molar-refractivity contribution is 7.91. The number of halogens is 3. The predicted molar refractivity (Wildman–Crippen MR) is 126 cm³/mol. The standard InChI is InChI=1S/C25H21F3N2O4S/c1-4-35(32,33)17-10-11-22-21(13-17)30-24(34-22)18-6-5-7-20(15(18)3)29-23(31)16-9-8-14(2)19(12-16)25(26,27)28/h5-13H,4H2,1-3H3,(H,29,31). The van der Waals surface area contributed by atoms with Gasteiger partial charge in [-0.1, -0.05) is 19.1 Å². The summed E-state index contributed by atoms with van der Waals surface area (Å²) in [6.45, 7) is 4.60. The van der Waals surface area contributed by atoms with Crippen LogP contribution in [0.4, 0.5) is 18.9 Å². The average molecular weight is 503 g/mol. The number of nitrogens with one attached hydrogen (secondary N) is 1. The Bertz CT molecular complexity index is 1560. The molecule has 0 saturated carbocycles. The normalized spacial score (nSPS) is 12.2. The lowest BCUT2D eigenvalue weighted by atomic mass is 10.0. The van der Waals surface area contributed by atoms with Crippen LogP contribution in [0.3, 0.4) is 0 Å². The number of sulfone groups is 1. The molecule has 4 aromatic rings. The number of alkyl halides is 3. The van der Waals surface area contributed by atoms with Gasteiger partial charge < -0.3 is 9.73 Å². The maximum Gasteiger partial charge on any atom is 0.416 e. The van der Waals surface area contributed by atoms with Gasteiger partial charge in [-0.15, -0.1) is 0 Å². The van der Waals surface area contributed by atoms with E-state index in [-0.39, 0.29) is 27.7 Å². The smallest absolute Gasteiger partial charge is 0.416 e. The third kappa shape index (κ3) is 4.79. The highest BCUT2D eigenvalue weighted by atomic mass is 32.2. The van der Waals surface area contributed by atoms with Crippen molar-refractivity contribution in [3.8, 4) is 11.5 Å². The first kappa shape index (κ1) is 24.5. The van der Waals surface area contributed by atoms with Crippen LogP contribution in [-0.2, 0) is 16.0 Å². The zero-order chi connectivity index (χ0) is 25.5. The fourth-order valence-electron chi connectivity index (χ4n) is 3.65. The van der Waals surface area contributed by atoms with Crippen molar-refractivity contribution < 1.29 is 30.8 Å². The number of anilines is 1. The molecule has 6 nitrogen and oxygen atoms in total. The number of fused-ring (bicyclic) bond motifs is 1. The van der Waals surface area contributed by atoms with Crippen LogP contribution < -0.4 is 5.32 Å².